The van der Waals surface area contributed by atoms with E-state index < -0.39 is 6.09 Å². The summed E-state index contributed by atoms with van der Waals surface area (Å²) in [6, 6.07) is 8.38. The van der Waals surface area contributed by atoms with Crippen LogP contribution in [0.15, 0.2) is 36.5 Å². The van der Waals surface area contributed by atoms with Crippen molar-refractivity contribution in [2.75, 3.05) is 17.7 Å². The molecule has 2 rings (SSSR count). The molecule has 2 N–H and O–H groups in total. The van der Waals surface area contributed by atoms with Gasteiger partial charge in [0.2, 0.25) is 0 Å². The maximum absolute atomic E-state index is 12.3. The molecule has 1 aromatic carbocycles. The monoisotopic (exact) mass is 316 g/mol. The van der Waals surface area contributed by atoms with Gasteiger partial charge in [0.05, 0.1) is 13.3 Å². The Balaban J connectivity index is 2.07. The fraction of sp³-hybridized carbons (Fsp3) is 0.312. The lowest BCUT2D eigenvalue weighted by Crippen LogP contribution is -2.17. The van der Waals surface area contributed by atoms with E-state index in [0.717, 1.165) is 19.4 Å². The van der Waals surface area contributed by atoms with E-state index in [2.05, 4.69) is 27.4 Å². The Kier molecular flexibility index (Phi) is 5.74. The summed E-state index contributed by atoms with van der Waals surface area (Å²) >= 11 is 0. The molecular formula is C16H20N4O3. The van der Waals surface area contributed by atoms with E-state index in [0.29, 0.717) is 17.1 Å². The van der Waals surface area contributed by atoms with Crippen molar-refractivity contribution in [2.45, 2.75) is 26.3 Å². The third kappa shape index (κ3) is 4.57. The maximum Gasteiger partial charge on any atom is 0.411 e. The highest BCUT2D eigenvalue weighted by Crippen LogP contribution is 2.14. The van der Waals surface area contributed by atoms with Gasteiger partial charge >= 0.3 is 6.09 Å². The number of methoxy groups -OCH3 is 1. The molecule has 0 aliphatic rings. The van der Waals surface area contributed by atoms with Gasteiger partial charge in [-0.3, -0.25) is 10.1 Å². The van der Waals surface area contributed by atoms with Gasteiger partial charge in [-0.1, -0.05) is 19.4 Å². The summed E-state index contributed by atoms with van der Waals surface area (Å²) < 4.78 is 6.29. The van der Waals surface area contributed by atoms with Crippen LogP contribution in [0.5, 0.6) is 0 Å². The maximum atomic E-state index is 12.3. The molecule has 2 aromatic rings. The van der Waals surface area contributed by atoms with Crippen LogP contribution in [-0.2, 0) is 11.3 Å². The minimum atomic E-state index is -0.583. The number of amides is 2. The predicted molar refractivity (Wildman–Crippen MR) is 87.6 cm³/mol. The normalized spacial score (nSPS) is 10.2. The summed E-state index contributed by atoms with van der Waals surface area (Å²) in [5, 5.41) is 9.55. The Morgan fingerprint density at radius 3 is 2.83 bits per heavy atom. The Bertz CT molecular complexity index is 681. The van der Waals surface area contributed by atoms with Gasteiger partial charge in [-0.25, -0.2) is 9.48 Å². The molecule has 0 saturated carbocycles. The van der Waals surface area contributed by atoms with Crippen molar-refractivity contribution >= 4 is 23.5 Å². The number of aryl methyl sites for hydroxylation is 1. The number of nitrogens with one attached hydrogen (secondary N) is 2. The molecular weight excluding hydrogens is 296 g/mol. The summed E-state index contributed by atoms with van der Waals surface area (Å²) in [4.78, 5) is 23.6. The van der Waals surface area contributed by atoms with Gasteiger partial charge in [0.25, 0.3) is 5.91 Å². The number of ether oxygens (including phenoxy) is 1. The van der Waals surface area contributed by atoms with Crippen LogP contribution in [0.4, 0.5) is 16.3 Å². The van der Waals surface area contributed by atoms with Gasteiger partial charge in [-0.05, 0) is 24.6 Å². The number of carbonyl (C=O) groups excluding carboxylic acids is 2. The van der Waals surface area contributed by atoms with Gasteiger partial charge in [0, 0.05) is 23.9 Å². The standard InChI is InChI=1S/C16H20N4O3/c1-3-4-10-20-14(8-9-17-20)19-15(21)12-6-5-7-13(11-12)18-16(22)23-2/h5-9,11H,3-4,10H2,1-2H3,(H,18,22)(H,19,21). The lowest BCUT2D eigenvalue weighted by Gasteiger charge is -2.09. The molecule has 0 unspecified atom stereocenters. The van der Waals surface area contributed by atoms with Crippen LogP contribution in [-0.4, -0.2) is 28.9 Å². The SMILES string of the molecule is CCCCn1nccc1NC(=O)c1cccc(NC(=O)OC)c1. The lowest BCUT2D eigenvalue weighted by molar-refractivity contribution is 0.102. The van der Waals surface area contributed by atoms with Crippen molar-refractivity contribution in [3.8, 4) is 0 Å². The number of carbonyl (C=O) groups is 2. The number of rotatable bonds is 6. The first-order valence-electron chi connectivity index (χ1n) is 7.42. The summed E-state index contributed by atoms with van der Waals surface area (Å²) in [5.41, 5.74) is 0.922. The zero-order valence-corrected chi connectivity index (χ0v) is 13.2. The van der Waals surface area contributed by atoms with Gasteiger partial charge in [-0.15, -0.1) is 0 Å². The van der Waals surface area contributed by atoms with Crippen molar-refractivity contribution in [1.29, 1.82) is 0 Å². The second-order valence-electron chi connectivity index (χ2n) is 4.94. The predicted octanol–water partition coefficient (Wildman–Crippen LogP) is 3.11. The third-order valence-electron chi connectivity index (χ3n) is 3.24. The number of anilines is 2. The minimum Gasteiger partial charge on any atom is -0.453 e. The Morgan fingerprint density at radius 1 is 1.26 bits per heavy atom. The van der Waals surface area contributed by atoms with Gasteiger partial charge in [0.15, 0.2) is 0 Å². The summed E-state index contributed by atoms with van der Waals surface area (Å²) in [6.07, 6.45) is 3.11. The van der Waals surface area contributed by atoms with E-state index in [1.807, 2.05) is 0 Å². The number of hydrogen-bond acceptors (Lipinski definition) is 4. The number of nitrogens with zero attached hydrogens (tertiary/aromatic N) is 2. The number of hydrogen-bond donors (Lipinski definition) is 2. The molecule has 0 aliphatic carbocycles. The van der Waals surface area contributed by atoms with Crippen molar-refractivity contribution in [2.24, 2.45) is 0 Å². The highest BCUT2D eigenvalue weighted by atomic mass is 16.5. The average Bonchev–Trinajstić information content (AvgIpc) is 3.00. The molecule has 0 fully saturated rings. The molecule has 0 saturated heterocycles. The van der Waals surface area contributed by atoms with Crippen LogP contribution in [0.25, 0.3) is 0 Å². The largest absolute Gasteiger partial charge is 0.453 e. The molecule has 0 bridgehead atoms. The van der Waals surface area contributed by atoms with Gasteiger partial charge < -0.3 is 10.1 Å². The van der Waals surface area contributed by atoms with Crippen LogP contribution < -0.4 is 10.6 Å². The van der Waals surface area contributed by atoms with Crippen LogP contribution in [0, 0.1) is 0 Å². The quantitative estimate of drug-likeness (QED) is 0.857. The molecule has 7 nitrogen and oxygen atoms in total. The average molecular weight is 316 g/mol. The summed E-state index contributed by atoms with van der Waals surface area (Å²) in [5.74, 6) is 0.381. The number of benzene rings is 1. The highest BCUT2D eigenvalue weighted by Gasteiger charge is 2.11. The number of unbranched alkanes of at least 4 members (excludes halogenated alkanes) is 1. The minimum absolute atomic E-state index is 0.267. The summed E-state index contributed by atoms with van der Waals surface area (Å²) in [7, 11) is 1.28. The number of aromatic nitrogens is 2. The highest BCUT2D eigenvalue weighted by molar-refractivity contribution is 6.04. The fourth-order valence-corrected chi connectivity index (χ4v) is 2.02. The van der Waals surface area contributed by atoms with Crippen molar-refractivity contribution in [1.82, 2.24) is 9.78 Å². The van der Waals surface area contributed by atoms with Crippen molar-refractivity contribution < 1.29 is 14.3 Å². The first kappa shape index (κ1) is 16.5. The Hall–Kier alpha value is -2.83. The molecule has 0 aliphatic heterocycles. The molecule has 7 heteroatoms. The van der Waals surface area contributed by atoms with E-state index in [1.165, 1.54) is 7.11 Å². The first-order chi connectivity index (χ1) is 11.1. The van der Waals surface area contributed by atoms with E-state index in [-0.39, 0.29) is 5.91 Å². The third-order valence-corrected chi connectivity index (χ3v) is 3.24. The molecule has 122 valence electrons. The van der Waals surface area contributed by atoms with Crippen molar-refractivity contribution in [3.63, 3.8) is 0 Å². The molecule has 2 amide bonds. The zero-order chi connectivity index (χ0) is 16.7. The van der Waals surface area contributed by atoms with E-state index in [9.17, 15) is 9.59 Å². The zero-order valence-electron chi connectivity index (χ0n) is 13.2. The van der Waals surface area contributed by atoms with Crippen molar-refractivity contribution in [3.05, 3.63) is 42.1 Å². The smallest absolute Gasteiger partial charge is 0.411 e. The topological polar surface area (TPSA) is 85.3 Å². The van der Waals surface area contributed by atoms with E-state index in [1.54, 1.807) is 41.2 Å². The Morgan fingerprint density at radius 2 is 2.09 bits per heavy atom. The molecule has 0 radical (unpaired) electrons. The van der Waals surface area contributed by atoms with Gasteiger partial charge in [-0.2, -0.15) is 5.10 Å². The van der Waals surface area contributed by atoms with Crippen LogP contribution in [0.2, 0.25) is 0 Å². The van der Waals surface area contributed by atoms with Crippen LogP contribution in [0.1, 0.15) is 30.1 Å². The molecule has 0 atom stereocenters. The fourth-order valence-electron chi connectivity index (χ4n) is 2.02. The van der Waals surface area contributed by atoms with Crippen LogP contribution in [0.3, 0.4) is 0 Å². The van der Waals surface area contributed by atoms with E-state index >= 15 is 0 Å². The van der Waals surface area contributed by atoms with Gasteiger partial charge in [0.1, 0.15) is 5.82 Å². The second-order valence-corrected chi connectivity index (χ2v) is 4.94. The Labute approximate surface area is 134 Å². The van der Waals surface area contributed by atoms with E-state index in [4.69, 9.17) is 0 Å². The molecule has 1 heterocycles. The first-order valence-corrected chi connectivity index (χ1v) is 7.42. The second kappa shape index (κ2) is 7.98. The summed E-state index contributed by atoms with van der Waals surface area (Å²) in [6.45, 7) is 2.85. The molecule has 23 heavy (non-hydrogen) atoms. The molecule has 1 aromatic heterocycles. The molecule has 0 spiro atoms. The lowest BCUT2D eigenvalue weighted by atomic mass is 10.2. The van der Waals surface area contributed by atoms with Crippen LogP contribution >= 0.6 is 0 Å².